The van der Waals surface area contributed by atoms with Crippen molar-refractivity contribution in [3.8, 4) is 0 Å². The molecule has 0 saturated carbocycles. The zero-order valence-corrected chi connectivity index (χ0v) is 29.5. The van der Waals surface area contributed by atoms with E-state index in [-0.39, 0.29) is 29.0 Å². The van der Waals surface area contributed by atoms with E-state index in [1.807, 2.05) is 0 Å². The van der Waals surface area contributed by atoms with E-state index in [2.05, 4.69) is 107 Å². The van der Waals surface area contributed by atoms with Crippen LogP contribution < -0.4 is 15.9 Å². The molecule has 9 nitrogen and oxygen atoms in total. The Morgan fingerprint density at radius 1 is 0.614 bits per heavy atom. The van der Waals surface area contributed by atoms with E-state index in [4.69, 9.17) is 23.7 Å². The van der Waals surface area contributed by atoms with Crippen molar-refractivity contribution in [2.75, 3.05) is 6.61 Å². The van der Waals surface area contributed by atoms with Crippen LogP contribution in [0, 0.1) is 0 Å². The molecule has 3 aromatic rings. The van der Waals surface area contributed by atoms with Gasteiger partial charge in [-0.2, -0.15) is 0 Å². The van der Waals surface area contributed by atoms with Crippen molar-refractivity contribution in [1.29, 1.82) is 0 Å². The normalized spacial score (nSPS) is 20.5. The molecule has 2 radical (unpaired) electrons. The first kappa shape index (κ1) is 37.4. The molecule has 4 rings (SSSR count). The molecule has 5 unspecified atom stereocenters. The van der Waals surface area contributed by atoms with E-state index in [0.29, 0.717) is 0 Å². The molecule has 12 heteroatoms. The van der Waals surface area contributed by atoms with Crippen LogP contribution in [0.5, 0.6) is 0 Å². The maximum Gasteiger partial charge on any atom is 0.102 e. The van der Waals surface area contributed by atoms with E-state index < -0.39 is 61.2 Å². The summed E-state index contributed by atoms with van der Waals surface area (Å²) < 4.78 is 26.0. The Balaban J connectivity index is 0.000000306. The van der Waals surface area contributed by atoms with E-state index in [9.17, 15) is 19.2 Å². The van der Waals surface area contributed by atoms with Gasteiger partial charge in [-0.05, 0) is 36.4 Å². The molecule has 1 saturated heterocycles. The number of ether oxygens (including phenoxy) is 5. The van der Waals surface area contributed by atoms with Crippen molar-refractivity contribution < 1.29 is 65.2 Å². The van der Waals surface area contributed by atoms with Crippen LogP contribution in [0.25, 0.3) is 0 Å². The van der Waals surface area contributed by atoms with Gasteiger partial charge in [0.05, 0.1) is 7.92 Å². The fraction of sp³-hybridized carbons (Fsp3) is 0.312. The number of rotatable bonds is 8. The summed E-state index contributed by atoms with van der Waals surface area (Å²) in [5.41, 5.74) is 0. The van der Waals surface area contributed by atoms with Crippen molar-refractivity contribution in [3.05, 3.63) is 91.0 Å². The Labute approximate surface area is 282 Å². The SMILES string of the molecule is CC(=O)OCC1OC([Se])C(OC(C)=O)C(OC(C)=O)C1OC(C)=O.[Au].c1ccc([PH+](c2ccccc2)c2ccccc2)cc1. The minimum atomic E-state index is -1.11. The summed E-state index contributed by atoms with van der Waals surface area (Å²) in [6, 6.07) is 32.5. The molecule has 0 N–H and O–H groups in total. The minimum Gasteiger partial charge on any atom is -0.0620 e. The second-order valence-corrected chi connectivity index (χ2v) is 13.0. The van der Waals surface area contributed by atoms with Crippen LogP contribution in [0.15, 0.2) is 91.0 Å². The molecule has 3 aromatic carbocycles. The number of esters is 4. The molecule has 0 bridgehead atoms. The molecule has 1 fully saturated rings. The van der Waals surface area contributed by atoms with Gasteiger partial charge >= 0.3 is 146 Å². The van der Waals surface area contributed by atoms with Gasteiger partial charge in [-0.15, -0.1) is 0 Å². The molecule has 1 heterocycles. The molecule has 0 aromatic heterocycles. The Morgan fingerprint density at radius 2 is 0.977 bits per heavy atom. The fourth-order valence-corrected chi connectivity index (χ4v) is 7.82. The zero-order valence-electron chi connectivity index (χ0n) is 24.6. The summed E-state index contributed by atoms with van der Waals surface area (Å²) in [5.74, 6) is -2.49. The average Bonchev–Trinajstić information content (AvgIpc) is 2.97. The third kappa shape index (κ3) is 11.6. The first-order valence-electron chi connectivity index (χ1n) is 13.6. The summed E-state index contributed by atoms with van der Waals surface area (Å²) in [5, 5.41) is 3.50. The zero-order chi connectivity index (χ0) is 31.4. The number of hydrogen-bond donors (Lipinski definition) is 0. The maximum atomic E-state index is 11.4. The quantitative estimate of drug-likeness (QED) is 0.146. The van der Waals surface area contributed by atoms with Gasteiger partial charge in [-0.25, -0.2) is 0 Å². The van der Waals surface area contributed by atoms with E-state index >= 15 is 0 Å². The van der Waals surface area contributed by atoms with Crippen LogP contribution in [0.1, 0.15) is 27.7 Å². The maximum absolute atomic E-state index is 11.4. The fourth-order valence-electron chi connectivity index (χ4n) is 4.50. The molecule has 5 atom stereocenters. The Kier molecular flexibility index (Phi) is 16.0. The number of carbonyl (C=O) groups is 4. The third-order valence-electron chi connectivity index (χ3n) is 6.14. The molecule has 0 amide bonds. The smallest absolute Gasteiger partial charge is 0.0620 e. The van der Waals surface area contributed by atoms with E-state index in [0.717, 1.165) is 0 Å². The number of carbonyl (C=O) groups excluding carboxylic acids is 4. The van der Waals surface area contributed by atoms with Crippen molar-refractivity contribution in [3.63, 3.8) is 0 Å². The number of hydrogen-bond acceptors (Lipinski definition) is 9. The summed E-state index contributed by atoms with van der Waals surface area (Å²) in [7, 11) is -0.877. The van der Waals surface area contributed by atoms with Gasteiger partial charge in [0.15, 0.2) is 0 Å². The first-order valence-corrected chi connectivity index (χ1v) is 16.0. The molecular weight excluding hydrogens is 835 g/mol. The second kappa shape index (κ2) is 18.9. The predicted molar refractivity (Wildman–Crippen MR) is 164 cm³/mol. The standard InChI is InChI=1S/C18H15P.C14H19O9Se.Au/c1-4-10-16(11-5-1)19(17-12-6-2-7-13-17)18-14-8-3-9-15-18;1-6(15)19-5-10-11(20-7(2)16)12(21-8(3)17)13(14(24)23-10)22-9(4)18;/h1-15H;10-14H,5H2,1-4H3;/p+1. The van der Waals surface area contributed by atoms with E-state index in [1.165, 1.54) is 43.6 Å². The molecule has 1 aliphatic rings. The molecule has 44 heavy (non-hydrogen) atoms. The van der Waals surface area contributed by atoms with E-state index in [1.54, 1.807) is 0 Å². The van der Waals surface area contributed by atoms with Gasteiger partial charge in [-0.3, -0.25) is 0 Å². The van der Waals surface area contributed by atoms with Crippen LogP contribution in [0.4, 0.5) is 0 Å². The van der Waals surface area contributed by atoms with Crippen molar-refractivity contribution >= 4 is 63.7 Å². The van der Waals surface area contributed by atoms with Crippen molar-refractivity contribution in [2.24, 2.45) is 0 Å². The van der Waals surface area contributed by atoms with Crippen LogP contribution >= 0.6 is 7.92 Å². The molecule has 1 aliphatic heterocycles. The first-order chi connectivity index (χ1) is 20.6. The van der Waals surface area contributed by atoms with Gasteiger partial charge in [0.25, 0.3) is 0 Å². The van der Waals surface area contributed by atoms with Gasteiger partial charge in [0.2, 0.25) is 0 Å². The summed E-state index contributed by atoms with van der Waals surface area (Å²) in [6.07, 6.45) is -4.15. The van der Waals surface area contributed by atoms with Crippen molar-refractivity contribution in [1.82, 2.24) is 0 Å². The largest absolute Gasteiger partial charge is 0.102 e. The Morgan fingerprint density at radius 3 is 1.34 bits per heavy atom. The molecule has 238 valence electrons. The van der Waals surface area contributed by atoms with Gasteiger partial charge in [-0.1, -0.05) is 54.6 Å². The summed E-state index contributed by atoms with van der Waals surface area (Å²) in [6.45, 7) is 4.50. The average molecular weight is 871 g/mol. The van der Waals surface area contributed by atoms with Crippen LogP contribution in [-0.2, 0) is 65.2 Å². The van der Waals surface area contributed by atoms with Gasteiger partial charge < -0.3 is 0 Å². The Bertz CT molecular complexity index is 1250. The Hall–Kier alpha value is -2.81. The van der Waals surface area contributed by atoms with Crippen LogP contribution in [-0.4, -0.2) is 75.9 Å². The van der Waals surface area contributed by atoms with Crippen molar-refractivity contribution in [2.45, 2.75) is 57.1 Å². The monoisotopic (exact) mass is 871 g/mol. The van der Waals surface area contributed by atoms with Gasteiger partial charge in [0.1, 0.15) is 15.9 Å². The molecule has 0 spiro atoms. The molecular formula is C32H35AuO9PSe+. The third-order valence-corrected chi connectivity index (χ3v) is 9.66. The van der Waals surface area contributed by atoms with Gasteiger partial charge in [0, 0.05) is 22.4 Å². The number of benzene rings is 3. The van der Waals surface area contributed by atoms with Crippen LogP contribution in [0.2, 0.25) is 0 Å². The van der Waals surface area contributed by atoms with Crippen LogP contribution in [0.3, 0.4) is 0 Å². The summed E-state index contributed by atoms with van der Waals surface area (Å²) in [4.78, 5) is 45.1. The second-order valence-electron chi connectivity index (χ2n) is 9.54. The summed E-state index contributed by atoms with van der Waals surface area (Å²) >= 11 is 2.66. The minimum absolute atomic E-state index is 0. The molecule has 0 aliphatic carbocycles. The predicted octanol–water partition coefficient (Wildman–Crippen LogP) is 2.41. The topological polar surface area (TPSA) is 114 Å².